The SMILES string of the molecule is c1ccc(N=C(CN2CCCCC2)N2CCCCC2)cc1. The van der Waals surface area contributed by atoms with E-state index in [0.717, 1.165) is 12.2 Å². The van der Waals surface area contributed by atoms with Crippen LogP contribution in [0.15, 0.2) is 35.3 Å². The van der Waals surface area contributed by atoms with Gasteiger partial charge < -0.3 is 4.90 Å². The number of rotatable bonds is 3. The lowest BCUT2D eigenvalue weighted by atomic mass is 10.1. The van der Waals surface area contributed by atoms with Crippen molar-refractivity contribution in [3.63, 3.8) is 0 Å². The maximum atomic E-state index is 4.98. The Hall–Kier alpha value is -1.35. The zero-order valence-corrected chi connectivity index (χ0v) is 13.0. The Morgan fingerprint density at radius 3 is 2.10 bits per heavy atom. The van der Waals surface area contributed by atoms with Crippen LogP contribution in [0.2, 0.25) is 0 Å². The van der Waals surface area contributed by atoms with Crippen LogP contribution in [-0.4, -0.2) is 48.4 Å². The molecule has 0 bridgehead atoms. The van der Waals surface area contributed by atoms with Crippen LogP contribution in [0.4, 0.5) is 5.69 Å². The van der Waals surface area contributed by atoms with Gasteiger partial charge in [-0.15, -0.1) is 0 Å². The summed E-state index contributed by atoms with van der Waals surface area (Å²) in [4.78, 5) is 10.1. The number of nitrogens with zero attached hydrogens (tertiary/aromatic N) is 3. The molecule has 2 heterocycles. The van der Waals surface area contributed by atoms with Gasteiger partial charge in [0.1, 0.15) is 5.84 Å². The summed E-state index contributed by atoms with van der Waals surface area (Å²) in [5, 5.41) is 0. The summed E-state index contributed by atoms with van der Waals surface area (Å²) < 4.78 is 0. The normalized spacial score (nSPS) is 21.5. The number of para-hydroxylation sites is 1. The number of amidine groups is 1. The van der Waals surface area contributed by atoms with E-state index in [1.54, 1.807) is 0 Å². The zero-order chi connectivity index (χ0) is 14.3. The fourth-order valence-corrected chi connectivity index (χ4v) is 3.33. The first-order valence-electron chi connectivity index (χ1n) is 8.52. The van der Waals surface area contributed by atoms with Crippen molar-refractivity contribution < 1.29 is 0 Å². The minimum Gasteiger partial charge on any atom is -0.359 e. The third-order valence-electron chi connectivity index (χ3n) is 4.55. The van der Waals surface area contributed by atoms with Crippen molar-refractivity contribution in [1.82, 2.24) is 9.80 Å². The molecule has 3 nitrogen and oxygen atoms in total. The van der Waals surface area contributed by atoms with Gasteiger partial charge in [-0.05, 0) is 57.3 Å². The molecule has 3 rings (SSSR count). The molecular formula is C18H27N3. The molecular weight excluding hydrogens is 258 g/mol. The van der Waals surface area contributed by atoms with Crippen molar-refractivity contribution in [3.05, 3.63) is 30.3 Å². The maximum absolute atomic E-state index is 4.98. The van der Waals surface area contributed by atoms with Crippen molar-refractivity contribution in [2.45, 2.75) is 38.5 Å². The highest BCUT2D eigenvalue weighted by Gasteiger charge is 2.19. The Labute approximate surface area is 128 Å². The molecule has 0 unspecified atom stereocenters. The maximum Gasteiger partial charge on any atom is 0.119 e. The second-order valence-corrected chi connectivity index (χ2v) is 6.25. The van der Waals surface area contributed by atoms with E-state index in [4.69, 9.17) is 4.99 Å². The minimum atomic E-state index is 1.02. The Balaban J connectivity index is 1.74. The number of aliphatic imine (C=N–C) groups is 1. The molecule has 0 saturated carbocycles. The molecule has 2 fully saturated rings. The first kappa shape index (κ1) is 14.6. The third kappa shape index (κ3) is 4.31. The van der Waals surface area contributed by atoms with Crippen LogP contribution in [0.1, 0.15) is 38.5 Å². The lowest BCUT2D eigenvalue weighted by Gasteiger charge is -2.34. The molecule has 0 radical (unpaired) electrons. The number of piperidine rings is 2. The summed E-state index contributed by atoms with van der Waals surface area (Å²) in [6, 6.07) is 10.4. The second kappa shape index (κ2) is 7.60. The first-order chi connectivity index (χ1) is 10.4. The molecule has 0 atom stereocenters. The minimum absolute atomic E-state index is 1.02. The first-order valence-corrected chi connectivity index (χ1v) is 8.52. The fourth-order valence-electron chi connectivity index (χ4n) is 3.33. The van der Waals surface area contributed by atoms with Crippen molar-refractivity contribution in [2.75, 3.05) is 32.7 Å². The summed E-state index contributed by atoms with van der Waals surface area (Å²) in [5.74, 6) is 1.28. The summed E-state index contributed by atoms with van der Waals surface area (Å²) in [7, 11) is 0. The van der Waals surface area contributed by atoms with Gasteiger partial charge in [-0.3, -0.25) is 4.90 Å². The van der Waals surface area contributed by atoms with Gasteiger partial charge in [0.05, 0.1) is 12.2 Å². The molecule has 2 saturated heterocycles. The van der Waals surface area contributed by atoms with Crippen molar-refractivity contribution in [1.29, 1.82) is 0 Å². The Morgan fingerprint density at radius 1 is 0.810 bits per heavy atom. The molecule has 0 spiro atoms. The lowest BCUT2D eigenvalue weighted by Crippen LogP contribution is -2.44. The van der Waals surface area contributed by atoms with E-state index in [1.807, 2.05) is 0 Å². The van der Waals surface area contributed by atoms with Gasteiger partial charge in [0.2, 0.25) is 0 Å². The van der Waals surface area contributed by atoms with E-state index in [2.05, 4.69) is 40.1 Å². The molecule has 114 valence electrons. The zero-order valence-electron chi connectivity index (χ0n) is 13.0. The number of likely N-dealkylation sites (tertiary alicyclic amines) is 2. The Bertz CT molecular complexity index is 443. The molecule has 1 aromatic carbocycles. The molecule has 0 amide bonds. The summed E-state index contributed by atoms with van der Waals surface area (Å²) in [5.41, 5.74) is 1.09. The van der Waals surface area contributed by atoms with Gasteiger partial charge in [0.15, 0.2) is 0 Å². The van der Waals surface area contributed by atoms with E-state index >= 15 is 0 Å². The van der Waals surface area contributed by atoms with Crippen molar-refractivity contribution in [3.8, 4) is 0 Å². The van der Waals surface area contributed by atoms with Gasteiger partial charge in [0.25, 0.3) is 0 Å². The van der Waals surface area contributed by atoms with Crippen LogP contribution in [0.3, 0.4) is 0 Å². The van der Waals surface area contributed by atoms with E-state index in [9.17, 15) is 0 Å². The van der Waals surface area contributed by atoms with Gasteiger partial charge in [-0.25, -0.2) is 4.99 Å². The van der Waals surface area contributed by atoms with Crippen LogP contribution in [0.25, 0.3) is 0 Å². The average Bonchev–Trinajstić information content (AvgIpc) is 2.57. The summed E-state index contributed by atoms with van der Waals surface area (Å²) in [6.45, 7) is 5.86. The summed E-state index contributed by atoms with van der Waals surface area (Å²) in [6.07, 6.45) is 8.09. The number of benzene rings is 1. The molecule has 3 heteroatoms. The van der Waals surface area contributed by atoms with E-state index < -0.39 is 0 Å². The Morgan fingerprint density at radius 2 is 1.43 bits per heavy atom. The molecule has 0 aromatic heterocycles. The molecule has 2 aliphatic rings. The number of hydrogen-bond donors (Lipinski definition) is 0. The largest absolute Gasteiger partial charge is 0.359 e. The highest BCUT2D eigenvalue weighted by atomic mass is 15.2. The molecule has 0 N–H and O–H groups in total. The molecule has 21 heavy (non-hydrogen) atoms. The average molecular weight is 285 g/mol. The monoisotopic (exact) mass is 285 g/mol. The molecule has 2 aliphatic heterocycles. The smallest absolute Gasteiger partial charge is 0.119 e. The Kier molecular flexibility index (Phi) is 5.28. The van der Waals surface area contributed by atoms with E-state index in [1.165, 1.54) is 70.5 Å². The van der Waals surface area contributed by atoms with Gasteiger partial charge >= 0.3 is 0 Å². The van der Waals surface area contributed by atoms with Gasteiger partial charge in [-0.2, -0.15) is 0 Å². The quantitative estimate of drug-likeness (QED) is 0.623. The van der Waals surface area contributed by atoms with E-state index in [0.29, 0.717) is 0 Å². The van der Waals surface area contributed by atoms with E-state index in [-0.39, 0.29) is 0 Å². The van der Waals surface area contributed by atoms with Crippen LogP contribution >= 0.6 is 0 Å². The molecule has 0 aliphatic carbocycles. The number of hydrogen-bond acceptors (Lipinski definition) is 2. The lowest BCUT2D eigenvalue weighted by molar-refractivity contribution is 0.243. The van der Waals surface area contributed by atoms with Gasteiger partial charge in [0, 0.05) is 13.1 Å². The van der Waals surface area contributed by atoms with Crippen molar-refractivity contribution >= 4 is 11.5 Å². The standard InChI is InChI=1S/C18H27N3/c1-4-10-17(11-5-1)19-18(21-14-8-3-9-15-21)16-20-12-6-2-7-13-20/h1,4-5,10-11H,2-3,6-9,12-16H2. The second-order valence-electron chi connectivity index (χ2n) is 6.25. The van der Waals surface area contributed by atoms with Gasteiger partial charge in [-0.1, -0.05) is 24.6 Å². The topological polar surface area (TPSA) is 18.8 Å². The third-order valence-corrected chi connectivity index (χ3v) is 4.55. The van der Waals surface area contributed by atoms with Crippen LogP contribution in [0.5, 0.6) is 0 Å². The highest BCUT2D eigenvalue weighted by molar-refractivity contribution is 5.86. The predicted molar refractivity (Wildman–Crippen MR) is 89.3 cm³/mol. The van der Waals surface area contributed by atoms with Crippen LogP contribution in [0, 0.1) is 0 Å². The summed E-state index contributed by atoms with van der Waals surface area (Å²) >= 11 is 0. The van der Waals surface area contributed by atoms with Crippen LogP contribution < -0.4 is 0 Å². The van der Waals surface area contributed by atoms with Crippen molar-refractivity contribution in [2.24, 2.45) is 4.99 Å². The highest BCUT2D eigenvalue weighted by Crippen LogP contribution is 2.17. The fraction of sp³-hybridized carbons (Fsp3) is 0.611. The predicted octanol–water partition coefficient (Wildman–Crippen LogP) is 3.69. The molecule has 1 aromatic rings. The van der Waals surface area contributed by atoms with Crippen LogP contribution in [-0.2, 0) is 0 Å².